The molecule has 22 heavy (non-hydrogen) atoms. The smallest absolute Gasteiger partial charge is 0.243 e. The van der Waals surface area contributed by atoms with Crippen molar-refractivity contribution >= 4 is 10.0 Å². The van der Waals surface area contributed by atoms with Gasteiger partial charge in [0.25, 0.3) is 0 Å². The Hall–Kier alpha value is -1.85. The molecular formula is C17H19NO3S. The van der Waals surface area contributed by atoms with Gasteiger partial charge in [-0.2, -0.15) is 4.31 Å². The summed E-state index contributed by atoms with van der Waals surface area (Å²) in [7, 11) is -1.83. The Morgan fingerprint density at radius 1 is 1.14 bits per heavy atom. The van der Waals surface area contributed by atoms with Gasteiger partial charge in [0.1, 0.15) is 5.75 Å². The molecule has 5 heteroatoms. The molecule has 0 aromatic heterocycles. The van der Waals surface area contributed by atoms with E-state index in [1.165, 1.54) is 0 Å². The predicted molar refractivity (Wildman–Crippen MR) is 85.4 cm³/mol. The second kappa shape index (κ2) is 5.74. The Balaban J connectivity index is 1.98. The molecule has 0 bridgehead atoms. The number of sulfonamides is 1. The van der Waals surface area contributed by atoms with E-state index >= 15 is 0 Å². The first-order chi connectivity index (χ1) is 10.5. The number of rotatable bonds is 3. The number of ether oxygens (including phenoxy) is 1. The van der Waals surface area contributed by atoms with Gasteiger partial charge in [0, 0.05) is 12.6 Å². The van der Waals surface area contributed by atoms with Crippen LogP contribution in [-0.2, 0) is 16.4 Å². The molecule has 0 saturated carbocycles. The summed E-state index contributed by atoms with van der Waals surface area (Å²) in [5, 5.41) is 0. The van der Waals surface area contributed by atoms with Crippen molar-refractivity contribution in [1.29, 1.82) is 0 Å². The summed E-state index contributed by atoms with van der Waals surface area (Å²) in [5.74, 6) is 0.810. The van der Waals surface area contributed by atoms with Crippen molar-refractivity contribution in [2.45, 2.75) is 24.3 Å². The topological polar surface area (TPSA) is 46.6 Å². The van der Waals surface area contributed by atoms with Crippen molar-refractivity contribution in [2.24, 2.45) is 0 Å². The van der Waals surface area contributed by atoms with Gasteiger partial charge < -0.3 is 4.74 Å². The number of benzene rings is 2. The molecule has 0 radical (unpaired) electrons. The maximum atomic E-state index is 12.8. The lowest BCUT2D eigenvalue weighted by Crippen LogP contribution is -2.38. The third-order valence-electron chi connectivity index (χ3n) is 4.18. The predicted octanol–water partition coefficient (Wildman–Crippen LogP) is 3.00. The first kappa shape index (κ1) is 15.1. The van der Waals surface area contributed by atoms with Crippen molar-refractivity contribution in [1.82, 2.24) is 4.31 Å². The van der Waals surface area contributed by atoms with Crippen LogP contribution in [0, 0.1) is 0 Å². The van der Waals surface area contributed by atoms with Crippen LogP contribution in [0.15, 0.2) is 53.4 Å². The number of hydrogen-bond donors (Lipinski definition) is 0. The van der Waals surface area contributed by atoms with Crippen LogP contribution in [-0.4, -0.2) is 26.4 Å². The molecule has 0 amide bonds. The molecule has 1 atom stereocenters. The Bertz CT molecular complexity index is 772. The van der Waals surface area contributed by atoms with Crippen LogP contribution in [0.2, 0.25) is 0 Å². The van der Waals surface area contributed by atoms with E-state index in [0.29, 0.717) is 17.9 Å². The van der Waals surface area contributed by atoms with E-state index in [1.807, 2.05) is 31.2 Å². The van der Waals surface area contributed by atoms with Gasteiger partial charge in [-0.15, -0.1) is 0 Å². The molecular weight excluding hydrogens is 298 g/mol. The number of nitrogens with zero attached hydrogens (tertiary/aromatic N) is 1. The van der Waals surface area contributed by atoms with Gasteiger partial charge >= 0.3 is 0 Å². The molecule has 0 spiro atoms. The van der Waals surface area contributed by atoms with E-state index in [1.54, 1.807) is 35.7 Å². The first-order valence-corrected chi connectivity index (χ1v) is 8.72. The van der Waals surface area contributed by atoms with Crippen molar-refractivity contribution in [3.63, 3.8) is 0 Å². The average molecular weight is 317 g/mol. The summed E-state index contributed by atoms with van der Waals surface area (Å²) in [6.07, 6.45) is 0.697. The van der Waals surface area contributed by atoms with Crippen LogP contribution in [0.1, 0.15) is 24.1 Å². The minimum absolute atomic E-state index is 0.181. The minimum Gasteiger partial charge on any atom is -0.497 e. The van der Waals surface area contributed by atoms with Crippen LogP contribution in [0.5, 0.6) is 5.75 Å². The lowest BCUT2D eigenvalue weighted by Gasteiger charge is -2.34. The molecule has 3 rings (SSSR count). The highest BCUT2D eigenvalue weighted by atomic mass is 32.2. The Morgan fingerprint density at radius 2 is 1.86 bits per heavy atom. The monoisotopic (exact) mass is 317 g/mol. The van der Waals surface area contributed by atoms with Crippen LogP contribution < -0.4 is 4.74 Å². The lowest BCUT2D eigenvalue weighted by molar-refractivity contribution is 0.325. The van der Waals surface area contributed by atoms with Crippen molar-refractivity contribution in [3.8, 4) is 5.75 Å². The Labute approximate surface area is 131 Å². The number of hydrogen-bond acceptors (Lipinski definition) is 3. The summed E-state index contributed by atoms with van der Waals surface area (Å²) < 4.78 is 32.5. The van der Waals surface area contributed by atoms with Gasteiger partial charge in [0.2, 0.25) is 10.0 Å². The van der Waals surface area contributed by atoms with Gasteiger partial charge in [0.05, 0.1) is 12.0 Å². The summed E-state index contributed by atoms with van der Waals surface area (Å²) in [6, 6.07) is 14.3. The molecule has 0 saturated heterocycles. The molecule has 2 aromatic carbocycles. The highest BCUT2D eigenvalue weighted by Gasteiger charge is 2.33. The van der Waals surface area contributed by atoms with Gasteiger partial charge in [-0.05, 0) is 48.7 Å². The largest absolute Gasteiger partial charge is 0.497 e. The van der Waals surface area contributed by atoms with E-state index in [-0.39, 0.29) is 6.04 Å². The standard InChI is InChI=1S/C17H19NO3S/c1-13-17-9-8-15(21-2)12-14(17)10-11-18(13)22(19,20)16-6-4-3-5-7-16/h3-9,12-13H,10-11H2,1-2H3. The summed E-state index contributed by atoms with van der Waals surface area (Å²) in [4.78, 5) is 0.346. The Kier molecular flexibility index (Phi) is 3.93. The highest BCUT2D eigenvalue weighted by molar-refractivity contribution is 7.89. The molecule has 1 aliphatic heterocycles. The van der Waals surface area contributed by atoms with E-state index in [9.17, 15) is 8.42 Å². The fourth-order valence-electron chi connectivity index (χ4n) is 2.97. The van der Waals surface area contributed by atoms with E-state index < -0.39 is 10.0 Å². The number of fused-ring (bicyclic) bond motifs is 1. The van der Waals surface area contributed by atoms with Crippen LogP contribution in [0.25, 0.3) is 0 Å². The fourth-order valence-corrected chi connectivity index (χ4v) is 4.60. The van der Waals surface area contributed by atoms with Gasteiger partial charge in [0.15, 0.2) is 0 Å². The second-order valence-electron chi connectivity index (χ2n) is 5.42. The molecule has 116 valence electrons. The van der Waals surface area contributed by atoms with Crippen molar-refractivity contribution in [3.05, 3.63) is 59.7 Å². The molecule has 1 heterocycles. The summed E-state index contributed by atoms with van der Waals surface area (Å²) in [6.45, 7) is 2.42. The average Bonchev–Trinajstić information content (AvgIpc) is 2.55. The third kappa shape index (κ3) is 2.51. The van der Waals surface area contributed by atoms with E-state index in [4.69, 9.17) is 4.74 Å². The molecule has 0 N–H and O–H groups in total. The Morgan fingerprint density at radius 3 is 2.55 bits per heavy atom. The molecule has 0 aliphatic carbocycles. The van der Waals surface area contributed by atoms with E-state index in [2.05, 4.69) is 0 Å². The summed E-state index contributed by atoms with van der Waals surface area (Å²) >= 11 is 0. The normalized spacial score (nSPS) is 18.7. The fraction of sp³-hybridized carbons (Fsp3) is 0.294. The van der Waals surface area contributed by atoms with Crippen LogP contribution in [0.3, 0.4) is 0 Å². The lowest BCUT2D eigenvalue weighted by atomic mass is 9.95. The zero-order chi connectivity index (χ0) is 15.7. The molecule has 1 unspecified atom stereocenters. The quantitative estimate of drug-likeness (QED) is 0.874. The molecule has 1 aliphatic rings. The van der Waals surface area contributed by atoms with Crippen LogP contribution >= 0.6 is 0 Å². The zero-order valence-corrected chi connectivity index (χ0v) is 13.5. The van der Waals surface area contributed by atoms with Crippen LogP contribution in [0.4, 0.5) is 0 Å². The van der Waals surface area contributed by atoms with Gasteiger partial charge in [-0.25, -0.2) is 8.42 Å². The molecule has 4 nitrogen and oxygen atoms in total. The molecule has 0 fully saturated rings. The first-order valence-electron chi connectivity index (χ1n) is 7.28. The molecule has 2 aromatic rings. The van der Waals surface area contributed by atoms with Crippen molar-refractivity contribution < 1.29 is 13.2 Å². The summed E-state index contributed by atoms with van der Waals surface area (Å²) in [5.41, 5.74) is 2.21. The SMILES string of the molecule is COc1ccc2c(c1)CCN(S(=O)(=O)c1ccccc1)C2C. The van der Waals surface area contributed by atoms with E-state index in [0.717, 1.165) is 16.9 Å². The highest BCUT2D eigenvalue weighted by Crippen LogP contribution is 2.35. The maximum Gasteiger partial charge on any atom is 0.243 e. The maximum absolute atomic E-state index is 12.8. The minimum atomic E-state index is -3.47. The van der Waals surface area contributed by atoms with Gasteiger partial charge in [-0.1, -0.05) is 24.3 Å². The second-order valence-corrected chi connectivity index (χ2v) is 7.31. The van der Waals surface area contributed by atoms with Gasteiger partial charge in [-0.3, -0.25) is 0 Å². The van der Waals surface area contributed by atoms with Crippen molar-refractivity contribution in [2.75, 3.05) is 13.7 Å². The zero-order valence-electron chi connectivity index (χ0n) is 12.7. The number of methoxy groups -OCH3 is 1. The third-order valence-corrected chi connectivity index (χ3v) is 6.17.